The fraction of sp³-hybridized carbons (Fsp3) is 0.478. The van der Waals surface area contributed by atoms with Gasteiger partial charge in [-0.2, -0.15) is 0 Å². The molecule has 1 heterocycles. The third-order valence-corrected chi connectivity index (χ3v) is 5.69. The maximum absolute atomic E-state index is 10.6. The Bertz CT molecular complexity index is 882. The Labute approximate surface area is 161 Å². The summed E-state index contributed by atoms with van der Waals surface area (Å²) in [5.74, 6) is 0.762. The van der Waals surface area contributed by atoms with Crippen molar-refractivity contribution in [2.45, 2.75) is 46.6 Å². The molecule has 144 valence electrons. The smallest absolute Gasteiger partial charge is 0.165 e. The van der Waals surface area contributed by atoms with E-state index in [2.05, 4.69) is 38.7 Å². The van der Waals surface area contributed by atoms with Crippen molar-refractivity contribution < 1.29 is 14.9 Å². The van der Waals surface area contributed by atoms with E-state index in [4.69, 9.17) is 4.74 Å². The average Bonchev–Trinajstić information content (AvgIpc) is 2.62. The second-order valence-electron chi connectivity index (χ2n) is 8.96. The molecule has 0 spiro atoms. The molecule has 2 aromatic rings. The molecule has 0 radical (unpaired) electrons. The van der Waals surface area contributed by atoms with Gasteiger partial charge in [0, 0.05) is 18.2 Å². The molecule has 2 N–H and O–H groups in total. The molecule has 4 heteroatoms. The minimum absolute atomic E-state index is 0.0188. The number of phenolic OH excluding ortho intramolecular Hbond substituents is 2. The van der Waals surface area contributed by atoms with Crippen molar-refractivity contribution >= 4 is 0 Å². The summed E-state index contributed by atoms with van der Waals surface area (Å²) in [4.78, 5) is 2.51. The van der Waals surface area contributed by atoms with Gasteiger partial charge in [-0.1, -0.05) is 33.8 Å². The van der Waals surface area contributed by atoms with Crippen molar-refractivity contribution in [1.29, 1.82) is 0 Å². The number of aromatic hydroxyl groups is 2. The van der Waals surface area contributed by atoms with Crippen LogP contribution in [0.25, 0.3) is 11.1 Å². The lowest BCUT2D eigenvalue weighted by Gasteiger charge is -2.41. The fourth-order valence-corrected chi connectivity index (χ4v) is 4.39. The van der Waals surface area contributed by atoms with Gasteiger partial charge in [-0.3, -0.25) is 4.90 Å². The van der Waals surface area contributed by atoms with E-state index in [0.29, 0.717) is 12.6 Å². The number of hydrogen-bond acceptors (Lipinski definition) is 4. The van der Waals surface area contributed by atoms with Gasteiger partial charge in [-0.05, 0) is 65.3 Å². The molecule has 27 heavy (non-hydrogen) atoms. The zero-order valence-electron chi connectivity index (χ0n) is 16.7. The predicted octanol–water partition coefficient (Wildman–Crippen LogP) is 4.66. The molecular formula is C23H29NO3. The van der Waals surface area contributed by atoms with Crippen molar-refractivity contribution in [1.82, 2.24) is 4.90 Å². The highest BCUT2D eigenvalue weighted by Gasteiger charge is 2.36. The quantitative estimate of drug-likeness (QED) is 0.775. The van der Waals surface area contributed by atoms with Crippen molar-refractivity contribution in [3.05, 3.63) is 41.0 Å². The SMILES string of the molecule is CCN1CCc2cc(OCC(C)(C)C)cc3c2C1Cc1ccc(O)c(O)c1-3. The van der Waals surface area contributed by atoms with E-state index in [-0.39, 0.29) is 16.9 Å². The van der Waals surface area contributed by atoms with Crippen LogP contribution in [0, 0.1) is 5.41 Å². The van der Waals surface area contributed by atoms with Crippen LogP contribution >= 0.6 is 0 Å². The standard InChI is InChI=1S/C23H29NO3/c1-5-24-9-8-15-10-16(27-13-23(2,3)4)12-17-20(15)18(24)11-14-6-7-19(25)22(26)21(14)17/h6-7,10,12,18,25-26H,5,8-9,11,13H2,1-4H3. The summed E-state index contributed by atoms with van der Waals surface area (Å²) in [6, 6.07) is 8.09. The maximum Gasteiger partial charge on any atom is 0.165 e. The van der Waals surface area contributed by atoms with Crippen LogP contribution in [0.15, 0.2) is 24.3 Å². The lowest BCUT2D eigenvalue weighted by Crippen LogP contribution is -2.38. The Morgan fingerprint density at radius 3 is 2.63 bits per heavy atom. The molecule has 1 aliphatic heterocycles. The summed E-state index contributed by atoms with van der Waals surface area (Å²) in [5, 5.41) is 20.7. The number of benzene rings is 2. The largest absolute Gasteiger partial charge is 0.504 e. The van der Waals surface area contributed by atoms with Gasteiger partial charge in [0.15, 0.2) is 11.5 Å². The number of phenols is 2. The lowest BCUT2D eigenvalue weighted by atomic mass is 9.76. The van der Waals surface area contributed by atoms with Gasteiger partial charge >= 0.3 is 0 Å². The van der Waals surface area contributed by atoms with Crippen LogP contribution in [0.1, 0.15) is 50.4 Å². The Hall–Kier alpha value is -2.20. The van der Waals surface area contributed by atoms with E-state index in [9.17, 15) is 10.2 Å². The van der Waals surface area contributed by atoms with Gasteiger partial charge < -0.3 is 14.9 Å². The number of rotatable bonds is 3. The number of fused-ring (bicyclic) bond motifs is 2. The first kappa shape index (κ1) is 18.2. The van der Waals surface area contributed by atoms with Crippen molar-refractivity contribution in [3.8, 4) is 28.4 Å². The van der Waals surface area contributed by atoms with E-state index >= 15 is 0 Å². The fourth-order valence-electron chi connectivity index (χ4n) is 4.39. The minimum atomic E-state index is -0.0647. The average molecular weight is 367 g/mol. The zero-order chi connectivity index (χ0) is 19.3. The normalized spacial score (nSPS) is 18.7. The summed E-state index contributed by atoms with van der Waals surface area (Å²) in [7, 11) is 0. The number of nitrogens with zero attached hydrogens (tertiary/aromatic N) is 1. The molecule has 0 bridgehead atoms. The molecular weight excluding hydrogens is 338 g/mol. The van der Waals surface area contributed by atoms with Gasteiger partial charge in [0.2, 0.25) is 0 Å². The molecule has 0 amide bonds. The second-order valence-corrected chi connectivity index (χ2v) is 8.96. The Morgan fingerprint density at radius 1 is 1.15 bits per heavy atom. The summed E-state index contributed by atoms with van der Waals surface area (Å²) < 4.78 is 6.12. The number of hydrogen-bond donors (Lipinski definition) is 2. The van der Waals surface area contributed by atoms with Crippen LogP contribution in [0.3, 0.4) is 0 Å². The van der Waals surface area contributed by atoms with E-state index in [0.717, 1.165) is 48.4 Å². The van der Waals surface area contributed by atoms with Crippen LogP contribution in [-0.4, -0.2) is 34.8 Å². The molecule has 0 aromatic heterocycles. The third kappa shape index (κ3) is 3.16. The van der Waals surface area contributed by atoms with E-state index < -0.39 is 0 Å². The predicted molar refractivity (Wildman–Crippen MR) is 108 cm³/mol. The van der Waals surface area contributed by atoms with Crippen molar-refractivity contribution in [3.63, 3.8) is 0 Å². The molecule has 4 rings (SSSR count). The van der Waals surface area contributed by atoms with Crippen molar-refractivity contribution in [2.24, 2.45) is 5.41 Å². The Kier molecular flexibility index (Phi) is 4.34. The van der Waals surface area contributed by atoms with Gasteiger partial charge in [-0.25, -0.2) is 0 Å². The highest BCUT2D eigenvalue weighted by atomic mass is 16.5. The maximum atomic E-state index is 10.6. The van der Waals surface area contributed by atoms with Crippen LogP contribution < -0.4 is 4.74 Å². The lowest BCUT2D eigenvalue weighted by molar-refractivity contribution is 0.188. The van der Waals surface area contributed by atoms with Gasteiger partial charge in [0.1, 0.15) is 5.75 Å². The molecule has 0 saturated carbocycles. The van der Waals surface area contributed by atoms with Crippen LogP contribution in [-0.2, 0) is 12.8 Å². The van der Waals surface area contributed by atoms with Gasteiger partial charge in [-0.15, -0.1) is 0 Å². The molecule has 1 unspecified atom stereocenters. The summed E-state index contributed by atoms with van der Waals surface area (Å²) >= 11 is 0. The van der Waals surface area contributed by atoms with Gasteiger partial charge in [0.25, 0.3) is 0 Å². The highest BCUT2D eigenvalue weighted by molar-refractivity contribution is 5.83. The number of likely N-dealkylation sites (N-methyl/N-ethyl adjacent to an activating group) is 1. The molecule has 0 saturated heterocycles. The highest BCUT2D eigenvalue weighted by Crippen LogP contribution is 2.51. The first-order chi connectivity index (χ1) is 12.8. The van der Waals surface area contributed by atoms with E-state index in [1.807, 2.05) is 12.1 Å². The van der Waals surface area contributed by atoms with Crippen LogP contribution in [0.2, 0.25) is 0 Å². The first-order valence-electron chi connectivity index (χ1n) is 9.86. The van der Waals surface area contributed by atoms with Crippen molar-refractivity contribution in [2.75, 3.05) is 19.7 Å². The van der Waals surface area contributed by atoms with Gasteiger partial charge in [0.05, 0.1) is 6.61 Å². The molecule has 4 nitrogen and oxygen atoms in total. The van der Waals surface area contributed by atoms with E-state index in [1.54, 1.807) is 6.07 Å². The van der Waals surface area contributed by atoms with Crippen LogP contribution in [0.5, 0.6) is 17.2 Å². The first-order valence-corrected chi connectivity index (χ1v) is 9.86. The molecule has 0 fully saturated rings. The second kappa shape index (κ2) is 6.45. The molecule has 2 aromatic carbocycles. The molecule has 1 aliphatic carbocycles. The Morgan fingerprint density at radius 2 is 1.93 bits per heavy atom. The van der Waals surface area contributed by atoms with Crippen LogP contribution in [0.4, 0.5) is 0 Å². The topological polar surface area (TPSA) is 52.9 Å². The number of ether oxygens (including phenoxy) is 1. The minimum Gasteiger partial charge on any atom is -0.504 e. The third-order valence-electron chi connectivity index (χ3n) is 5.69. The summed E-state index contributed by atoms with van der Waals surface area (Å²) in [5.41, 5.74) is 5.53. The zero-order valence-corrected chi connectivity index (χ0v) is 16.7. The molecule has 2 aliphatic rings. The summed E-state index contributed by atoms with van der Waals surface area (Å²) in [6.45, 7) is 11.3. The van der Waals surface area contributed by atoms with E-state index in [1.165, 1.54) is 11.1 Å². The Balaban J connectivity index is 1.88. The summed E-state index contributed by atoms with van der Waals surface area (Å²) in [6.07, 6.45) is 1.84. The molecule has 1 atom stereocenters. The monoisotopic (exact) mass is 367 g/mol.